The lowest BCUT2D eigenvalue weighted by Crippen LogP contribution is -2.49. The molecule has 0 unspecified atom stereocenters. The van der Waals surface area contributed by atoms with Gasteiger partial charge in [0, 0.05) is 29.6 Å². The van der Waals surface area contributed by atoms with E-state index in [-0.39, 0.29) is 23.3 Å². The first-order valence-electron chi connectivity index (χ1n) is 15.2. The van der Waals surface area contributed by atoms with Crippen molar-refractivity contribution in [1.82, 2.24) is 4.72 Å². The van der Waals surface area contributed by atoms with Crippen LogP contribution in [0.3, 0.4) is 0 Å². The van der Waals surface area contributed by atoms with E-state index in [2.05, 4.69) is 21.5 Å². The van der Waals surface area contributed by atoms with E-state index in [0.717, 1.165) is 48.9 Å². The minimum Gasteiger partial charge on any atom is -0.487 e. The maximum atomic E-state index is 13.4. The number of amides is 1. The molecule has 1 amide bonds. The third-order valence-electron chi connectivity index (χ3n) is 9.41. The van der Waals surface area contributed by atoms with Gasteiger partial charge in [0.25, 0.3) is 5.91 Å². The fourth-order valence-electron chi connectivity index (χ4n) is 6.43. The predicted octanol–water partition coefficient (Wildman–Crippen LogP) is 5.89. The monoisotopic (exact) mass is 624 g/mol. The van der Waals surface area contributed by atoms with Crippen molar-refractivity contribution in [3.05, 3.63) is 70.3 Å². The fourth-order valence-corrected chi connectivity index (χ4v) is 7.91. The van der Waals surface area contributed by atoms with Gasteiger partial charge in [-0.25, -0.2) is 13.1 Å². The zero-order chi connectivity index (χ0) is 30.8. The SMILES string of the molecule is CC#C[C@@]1(O)/C=C/C[C@H](C)[C@@H](C)S(=O)(=O)NC(=O)c2ccc3c(c2)N(CCCCc2cc(Cl)ccc2CO3)C[C@@H]2CC[C@H]21. The standard InChI is InChI=1S/C34H41ClN2O5S/c1-4-16-34(39)17-7-8-23(2)24(3)43(40,41)36-33(38)26-12-15-32-31(20-26)37(21-27-11-14-30(27)34)18-6-5-9-25-19-29(35)13-10-28(25)22-42-32/h7,10,12-13,15,17,19-20,23-24,27,30,39H,5-6,8-9,11,14,18,21-22H2,1-3H3,(H,36,38)/b17-7+/t23-,24+,27-,30+,34+/m0/s1. The van der Waals surface area contributed by atoms with Crippen LogP contribution in [0, 0.1) is 29.6 Å². The Morgan fingerprint density at radius 2 is 1.93 bits per heavy atom. The first-order chi connectivity index (χ1) is 20.5. The highest BCUT2D eigenvalue weighted by Crippen LogP contribution is 2.45. The minimum atomic E-state index is -3.96. The molecule has 2 aromatic carbocycles. The second-order valence-corrected chi connectivity index (χ2v) is 14.7. The fraction of sp³-hybridized carbons (Fsp3) is 0.500. The molecule has 9 heteroatoms. The number of hydrogen-bond donors (Lipinski definition) is 2. The number of sulfonamides is 1. The van der Waals surface area contributed by atoms with E-state index in [1.165, 1.54) is 0 Å². The van der Waals surface area contributed by atoms with E-state index in [1.807, 2.05) is 31.2 Å². The maximum absolute atomic E-state index is 13.4. The summed E-state index contributed by atoms with van der Waals surface area (Å²) < 4.78 is 35.2. The summed E-state index contributed by atoms with van der Waals surface area (Å²) in [7, 11) is -3.96. The van der Waals surface area contributed by atoms with Crippen molar-refractivity contribution >= 4 is 33.2 Å². The zero-order valence-electron chi connectivity index (χ0n) is 25.1. The van der Waals surface area contributed by atoms with Crippen molar-refractivity contribution < 1.29 is 23.1 Å². The first kappa shape index (κ1) is 31.4. The molecule has 7 nitrogen and oxygen atoms in total. The van der Waals surface area contributed by atoms with Gasteiger partial charge >= 0.3 is 0 Å². The van der Waals surface area contributed by atoms with Gasteiger partial charge in [0.05, 0.1) is 10.9 Å². The molecule has 0 saturated heterocycles. The number of aliphatic hydroxyl groups is 1. The Kier molecular flexibility index (Phi) is 9.46. The lowest BCUT2D eigenvalue weighted by Gasteiger charge is -2.46. The molecule has 2 N–H and O–H groups in total. The van der Waals surface area contributed by atoms with Crippen molar-refractivity contribution in [3.8, 4) is 17.6 Å². The first-order valence-corrected chi connectivity index (χ1v) is 17.1. The van der Waals surface area contributed by atoms with Crippen molar-refractivity contribution in [3.63, 3.8) is 0 Å². The van der Waals surface area contributed by atoms with Gasteiger partial charge in [-0.3, -0.25) is 4.79 Å². The van der Waals surface area contributed by atoms with Gasteiger partial charge in [-0.05, 0) is 112 Å². The molecule has 2 aromatic rings. The number of carbonyl (C=O) groups excluding carboxylic acids is 1. The molecule has 1 saturated carbocycles. The Morgan fingerprint density at radius 1 is 1.12 bits per heavy atom. The third kappa shape index (κ3) is 6.90. The summed E-state index contributed by atoms with van der Waals surface area (Å²) in [6, 6.07) is 11.0. The molecule has 2 bridgehead atoms. The topological polar surface area (TPSA) is 95.9 Å². The Morgan fingerprint density at radius 3 is 2.67 bits per heavy atom. The number of benzene rings is 2. The molecule has 0 spiro atoms. The number of halogens is 1. The summed E-state index contributed by atoms with van der Waals surface area (Å²) in [5.74, 6) is 5.75. The van der Waals surface area contributed by atoms with Gasteiger partial charge in [0.15, 0.2) is 0 Å². The second-order valence-electron chi connectivity index (χ2n) is 12.2. The van der Waals surface area contributed by atoms with Gasteiger partial charge in [0.1, 0.15) is 18.0 Å². The summed E-state index contributed by atoms with van der Waals surface area (Å²) in [4.78, 5) is 15.6. The number of rotatable bonds is 0. The quantitative estimate of drug-likeness (QED) is 0.281. The number of nitrogens with zero attached hydrogens (tertiary/aromatic N) is 1. The number of hydrogen-bond acceptors (Lipinski definition) is 6. The lowest BCUT2D eigenvalue weighted by atomic mass is 9.64. The van der Waals surface area contributed by atoms with Crippen LogP contribution in [0.15, 0.2) is 48.6 Å². The average molecular weight is 625 g/mol. The van der Waals surface area contributed by atoms with Crippen molar-refractivity contribution in [2.24, 2.45) is 17.8 Å². The number of nitrogens with one attached hydrogen (secondary N) is 1. The van der Waals surface area contributed by atoms with Gasteiger partial charge in [-0.2, -0.15) is 0 Å². The average Bonchev–Trinajstić information content (AvgIpc) is 2.97. The smallest absolute Gasteiger partial charge is 0.264 e. The molecule has 5 atom stereocenters. The zero-order valence-corrected chi connectivity index (χ0v) is 26.7. The minimum absolute atomic E-state index is 0.0685. The largest absolute Gasteiger partial charge is 0.487 e. The van der Waals surface area contributed by atoms with Crippen molar-refractivity contribution in [1.29, 1.82) is 0 Å². The summed E-state index contributed by atoms with van der Waals surface area (Å²) in [5, 5.41) is 11.6. The van der Waals surface area contributed by atoms with Crippen LogP contribution in [0.25, 0.3) is 0 Å². The van der Waals surface area contributed by atoms with Crippen molar-refractivity contribution in [2.75, 3.05) is 18.0 Å². The van der Waals surface area contributed by atoms with Crippen LogP contribution in [0.4, 0.5) is 5.69 Å². The van der Waals surface area contributed by atoms with E-state index in [1.54, 1.807) is 38.1 Å². The highest BCUT2D eigenvalue weighted by atomic mass is 35.5. The molecule has 43 heavy (non-hydrogen) atoms. The normalized spacial score (nSPS) is 30.0. The molecule has 3 aliphatic rings. The van der Waals surface area contributed by atoms with Gasteiger partial charge in [0.2, 0.25) is 10.0 Å². The van der Waals surface area contributed by atoms with Crippen LogP contribution < -0.4 is 14.4 Å². The van der Waals surface area contributed by atoms with E-state index in [0.29, 0.717) is 36.9 Å². The van der Waals surface area contributed by atoms with Crippen LogP contribution in [0.5, 0.6) is 5.75 Å². The Bertz CT molecular complexity index is 1560. The molecular weight excluding hydrogens is 584 g/mol. The number of aryl methyl sites for hydroxylation is 1. The molecular formula is C34H41ClN2O5S. The van der Waals surface area contributed by atoms with E-state index >= 15 is 0 Å². The van der Waals surface area contributed by atoms with Crippen LogP contribution in [0.1, 0.15) is 74.4 Å². The van der Waals surface area contributed by atoms with Crippen LogP contribution in [-0.2, 0) is 23.1 Å². The van der Waals surface area contributed by atoms with Crippen LogP contribution in [0.2, 0.25) is 5.02 Å². The molecule has 230 valence electrons. The summed E-state index contributed by atoms with van der Waals surface area (Å²) in [6.07, 6.45) is 8.52. The highest BCUT2D eigenvalue weighted by Gasteiger charge is 2.45. The number of fused-ring (bicyclic) bond motifs is 3. The highest BCUT2D eigenvalue weighted by molar-refractivity contribution is 7.90. The van der Waals surface area contributed by atoms with Gasteiger partial charge in [-0.15, -0.1) is 5.92 Å². The molecule has 0 aromatic heterocycles. The van der Waals surface area contributed by atoms with Gasteiger partial charge in [-0.1, -0.05) is 36.6 Å². The summed E-state index contributed by atoms with van der Waals surface area (Å²) >= 11 is 6.31. The number of carbonyl (C=O) groups is 1. The number of anilines is 1. The lowest BCUT2D eigenvalue weighted by molar-refractivity contribution is -0.00294. The molecule has 2 heterocycles. The summed E-state index contributed by atoms with van der Waals surface area (Å²) in [5.41, 5.74) is 1.90. The second kappa shape index (κ2) is 12.9. The predicted molar refractivity (Wildman–Crippen MR) is 171 cm³/mol. The molecule has 5 rings (SSSR count). The molecule has 1 aliphatic carbocycles. The van der Waals surface area contributed by atoms with Gasteiger partial charge < -0.3 is 14.7 Å². The number of ether oxygens (including phenoxy) is 1. The van der Waals surface area contributed by atoms with E-state index in [4.69, 9.17) is 16.3 Å². The third-order valence-corrected chi connectivity index (χ3v) is 11.6. The van der Waals surface area contributed by atoms with E-state index < -0.39 is 26.8 Å². The number of allylic oxidation sites excluding steroid dienone is 1. The van der Waals surface area contributed by atoms with Crippen LogP contribution in [-0.4, -0.2) is 43.4 Å². The molecule has 0 radical (unpaired) electrons. The summed E-state index contributed by atoms with van der Waals surface area (Å²) in [6.45, 7) is 6.87. The molecule has 2 aliphatic heterocycles. The molecule has 1 fully saturated rings. The van der Waals surface area contributed by atoms with E-state index in [9.17, 15) is 18.3 Å². The Hall–Kier alpha value is -2.99. The van der Waals surface area contributed by atoms with Crippen LogP contribution >= 0.6 is 11.6 Å². The Balaban J connectivity index is 1.58. The van der Waals surface area contributed by atoms with Crippen molar-refractivity contribution in [2.45, 2.75) is 76.8 Å². The maximum Gasteiger partial charge on any atom is 0.264 e. The Labute approximate surface area is 260 Å².